The van der Waals surface area contributed by atoms with Gasteiger partial charge in [0, 0.05) is 6.04 Å². The van der Waals surface area contributed by atoms with Crippen molar-refractivity contribution >= 4 is 5.69 Å². The van der Waals surface area contributed by atoms with Crippen LogP contribution in [0.5, 0.6) is 0 Å². The molecule has 0 amide bonds. The first-order valence-corrected chi connectivity index (χ1v) is 6.15. The Morgan fingerprint density at radius 3 is 2.17 bits per heavy atom. The van der Waals surface area contributed by atoms with Crippen molar-refractivity contribution in [3.05, 3.63) is 65.0 Å². The number of nitrogens with one attached hydrogen (secondary N) is 1. The third-order valence-electron chi connectivity index (χ3n) is 3.07. The summed E-state index contributed by atoms with van der Waals surface area (Å²) in [5.41, 5.74) is 3.86. The molecule has 2 heteroatoms. The molecule has 0 aliphatic carbocycles. The summed E-state index contributed by atoms with van der Waals surface area (Å²) in [5.74, 6) is -0.200. The van der Waals surface area contributed by atoms with Crippen LogP contribution in [0.3, 0.4) is 0 Å². The van der Waals surface area contributed by atoms with Gasteiger partial charge >= 0.3 is 0 Å². The number of anilines is 1. The Bertz CT molecular complexity index is 531. The maximum absolute atomic E-state index is 13.7. The lowest BCUT2D eigenvalue weighted by Gasteiger charge is -2.16. The first kappa shape index (κ1) is 12.6. The van der Waals surface area contributed by atoms with Crippen LogP contribution in [0, 0.1) is 19.7 Å². The van der Waals surface area contributed by atoms with Crippen LogP contribution >= 0.6 is 0 Å². The molecule has 0 fully saturated rings. The number of benzene rings is 2. The van der Waals surface area contributed by atoms with E-state index < -0.39 is 0 Å². The van der Waals surface area contributed by atoms with Crippen molar-refractivity contribution in [2.24, 2.45) is 0 Å². The van der Waals surface area contributed by atoms with Crippen molar-refractivity contribution < 1.29 is 4.39 Å². The zero-order valence-electron chi connectivity index (χ0n) is 11.0. The molecular weight excluding hydrogens is 225 g/mol. The minimum absolute atomic E-state index is 0.0859. The Labute approximate surface area is 108 Å². The molecule has 18 heavy (non-hydrogen) atoms. The summed E-state index contributed by atoms with van der Waals surface area (Å²) in [5, 5.41) is 3.20. The van der Waals surface area contributed by atoms with Gasteiger partial charge in [-0.25, -0.2) is 4.39 Å². The average molecular weight is 243 g/mol. The van der Waals surface area contributed by atoms with Crippen molar-refractivity contribution in [3.63, 3.8) is 0 Å². The van der Waals surface area contributed by atoms with Gasteiger partial charge in [-0.05, 0) is 44.0 Å². The number of hydrogen-bond acceptors (Lipinski definition) is 1. The fourth-order valence-electron chi connectivity index (χ4n) is 1.91. The fraction of sp³-hybridized carbons (Fsp3) is 0.250. The van der Waals surface area contributed by atoms with Crippen LogP contribution in [0.1, 0.15) is 29.7 Å². The van der Waals surface area contributed by atoms with Gasteiger partial charge in [0.25, 0.3) is 0 Å². The third kappa shape index (κ3) is 2.89. The van der Waals surface area contributed by atoms with Crippen molar-refractivity contribution in [3.8, 4) is 0 Å². The van der Waals surface area contributed by atoms with Crippen LogP contribution in [0.15, 0.2) is 42.5 Å². The van der Waals surface area contributed by atoms with Crippen molar-refractivity contribution in [2.45, 2.75) is 26.8 Å². The summed E-state index contributed by atoms with van der Waals surface area (Å²) in [6.07, 6.45) is 0. The monoisotopic (exact) mass is 243 g/mol. The van der Waals surface area contributed by atoms with Crippen LogP contribution < -0.4 is 5.32 Å². The molecule has 2 rings (SSSR count). The van der Waals surface area contributed by atoms with E-state index in [9.17, 15) is 4.39 Å². The van der Waals surface area contributed by atoms with Gasteiger partial charge in [-0.2, -0.15) is 0 Å². The molecule has 0 aliphatic rings. The van der Waals surface area contributed by atoms with E-state index in [1.54, 1.807) is 12.1 Å². The highest BCUT2D eigenvalue weighted by Gasteiger charge is 2.08. The van der Waals surface area contributed by atoms with E-state index in [1.807, 2.05) is 19.9 Å². The first-order valence-electron chi connectivity index (χ1n) is 6.15. The van der Waals surface area contributed by atoms with E-state index >= 15 is 0 Å². The van der Waals surface area contributed by atoms with Gasteiger partial charge in [-0.15, -0.1) is 0 Å². The molecule has 1 nitrogen and oxygen atoms in total. The Hall–Kier alpha value is -1.83. The summed E-state index contributed by atoms with van der Waals surface area (Å²) < 4.78 is 13.7. The molecule has 2 aromatic carbocycles. The SMILES string of the molecule is Cc1ccc(C(C)Nc2ccc(C)cc2F)cc1. The van der Waals surface area contributed by atoms with Gasteiger partial charge in [0.1, 0.15) is 5.82 Å². The van der Waals surface area contributed by atoms with Crippen molar-refractivity contribution in [2.75, 3.05) is 5.32 Å². The zero-order valence-corrected chi connectivity index (χ0v) is 11.0. The lowest BCUT2D eigenvalue weighted by atomic mass is 10.1. The van der Waals surface area contributed by atoms with E-state index in [4.69, 9.17) is 0 Å². The third-order valence-corrected chi connectivity index (χ3v) is 3.07. The van der Waals surface area contributed by atoms with Crippen molar-refractivity contribution in [1.82, 2.24) is 0 Å². The quantitative estimate of drug-likeness (QED) is 0.829. The second-order valence-corrected chi connectivity index (χ2v) is 4.76. The van der Waals surface area contributed by atoms with Gasteiger partial charge in [0.15, 0.2) is 0 Å². The summed E-state index contributed by atoms with van der Waals surface area (Å²) in [6.45, 7) is 5.97. The fourth-order valence-corrected chi connectivity index (χ4v) is 1.91. The normalized spacial score (nSPS) is 12.2. The zero-order chi connectivity index (χ0) is 13.1. The summed E-state index contributed by atoms with van der Waals surface area (Å²) in [4.78, 5) is 0. The van der Waals surface area contributed by atoms with Gasteiger partial charge in [0.05, 0.1) is 5.69 Å². The van der Waals surface area contributed by atoms with Gasteiger partial charge < -0.3 is 5.32 Å². The highest BCUT2D eigenvalue weighted by Crippen LogP contribution is 2.22. The van der Waals surface area contributed by atoms with E-state index in [2.05, 4.69) is 36.5 Å². The van der Waals surface area contributed by atoms with Crippen LogP contribution in [0.25, 0.3) is 0 Å². The maximum Gasteiger partial charge on any atom is 0.146 e. The van der Waals surface area contributed by atoms with Gasteiger partial charge in [-0.1, -0.05) is 35.9 Å². The number of aryl methyl sites for hydroxylation is 2. The predicted octanol–water partition coefficient (Wildman–Crippen LogP) is 4.62. The topological polar surface area (TPSA) is 12.0 Å². The summed E-state index contributed by atoms with van der Waals surface area (Å²) in [6, 6.07) is 13.6. The number of halogens is 1. The lowest BCUT2D eigenvalue weighted by molar-refractivity contribution is 0.626. The van der Waals surface area contributed by atoms with Gasteiger partial charge in [0.2, 0.25) is 0 Å². The number of hydrogen-bond donors (Lipinski definition) is 1. The van der Waals surface area contributed by atoms with Crippen LogP contribution in [0.4, 0.5) is 10.1 Å². The second-order valence-electron chi connectivity index (χ2n) is 4.76. The summed E-state index contributed by atoms with van der Waals surface area (Å²) in [7, 11) is 0. The molecular formula is C16H18FN. The molecule has 1 atom stereocenters. The summed E-state index contributed by atoms with van der Waals surface area (Å²) >= 11 is 0. The Kier molecular flexibility index (Phi) is 3.66. The average Bonchev–Trinajstić information content (AvgIpc) is 2.33. The minimum atomic E-state index is -0.200. The van der Waals surface area contributed by atoms with Crippen LogP contribution in [-0.4, -0.2) is 0 Å². The Morgan fingerprint density at radius 1 is 0.944 bits per heavy atom. The molecule has 2 aromatic rings. The molecule has 0 saturated carbocycles. The molecule has 0 spiro atoms. The highest BCUT2D eigenvalue weighted by atomic mass is 19.1. The van der Waals surface area contributed by atoms with E-state index in [0.29, 0.717) is 5.69 Å². The molecule has 0 heterocycles. The molecule has 94 valence electrons. The Balaban J connectivity index is 2.15. The van der Waals surface area contributed by atoms with E-state index in [-0.39, 0.29) is 11.9 Å². The van der Waals surface area contributed by atoms with Crippen molar-refractivity contribution in [1.29, 1.82) is 0 Å². The predicted molar refractivity (Wildman–Crippen MR) is 74.4 cm³/mol. The number of rotatable bonds is 3. The molecule has 0 bridgehead atoms. The largest absolute Gasteiger partial charge is 0.376 e. The molecule has 0 aromatic heterocycles. The first-order chi connectivity index (χ1) is 8.56. The second kappa shape index (κ2) is 5.21. The minimum Gasteiger partial charge on any atom is -0.376 e. The van der Waals surface area contributed by atoms with Crippen LogP contribution in [0.2, 0.25) is 0 Å². The van der Waals surface area contributed by atoms with Gasteiger partial charge in [-0.3, -0.25) is 0 Å². The molecule has 0 saturated heterocycles. The molecule has 1 unspecified atom stereocenters. The molecule has 0 radical (unpaired) electrons. The molecule has 0 aliphatic heterocycles. The van der Waals surface area contributed by atoms with E-state index in [0.717, 1.165) is 11.1 Å². The standard InChI is InChI=1S/C16H18FN/c1-11-4-7-14(8-5-11)13(3)18-16-9-6-12(2)10-15(16)17/h4-10,13,18H,1-3H3. The van der Waals surface area contributed by atoms with Crippen LogP contribution in [-0.2, 0) is 0 Å². The van der Waals surface area contributed by atoms with E-state index in [1.165, 1.54) is 5.56 Å². The Morgan fingerprint density at radius 2 is 1.56 bits per heavy atom. The smallest absolute Gasteiger partial charge is 0.146 e. The molecule has 1 N–H and O–H groups in total. The highest BCUT2D eigenvalue weighted by molar-refractivity contribution is 5.48. The lowest BCUT2D eigenvalue weighted by Crippen LogP contribution is -2.08. The maximum atomic E-state index is 13.7.